The Morgan fingerprint density at radius 3 is 1.88 bits per heavy atom. The summed E-state index contributed by atoms with van der Waals surface area (Å²) < 4.78 is 0. The summed E-state index contributed by atoms with van der Waals surface area (Å²) in [7, 11) is 0. The SMILES string of the molecule is [CH2]C(O)C(O)C(=O)O. The van der Waals surface area contributed by atoms with E-state index in [2.05, 4.69) is 6.92 Å². The Hall–Kier alpha value is -0.610. The highest BCUT2D eigenvalue weighted by Gasteiger charge is 2.18. The van der Waals surface area contributed by atoms with E-state index in [0.717, 1.165) is 0 Å². The van der Waals surface area contributed by atoms with Crippen molar-refractivity contribution in [1.29, 1.82) is 0 Å². The van der Waals surface area contributed by atoms with Crippen molar-refractivity contribution in [3.63, 3.8) is 0 Å². The molecule has 1 radical (unpaired) electrons. The van der Waals surface area contributed by atoms with Gasteiger partial charge in [-0.05, 0) is 6.92 Å². The first-order valence-electron chi connectivity index (χ1n) is 1.97. The van der Waals surface area contributed by atoms with Gasteiger partial charge in [-0.25, -0.2) is 4.79 Å². The summed E-state index contributed by atoms with van der Waals surface area (Å²) in [5.74, 6) is -1.47. The minimum absolute atomic E-state index is 1.45. The van der Waals surface area contributed by atoms with Crippen molar-refractivity contribution in [3.8, 4) is 0 Å². The van der Waals surface area contributed by atoms with Gasteiger partial charge in [0.05, 0.1) is 6.10 Å². The Balaban J connectivity index is 3.64. The Labute approximate surface area is 46.4 Å². The van der Waals surface area contributed by atoms with Crippen LogP contribution in [0.4, 0.5) is 0 Å². The molecule has 0 rings (SSSR count). The fraction of sp³-hybridized carbons (Fsp3) is 0.500. The molecule has 0 aromatic carbocycles. The minimum atomic E-state index is -1.77. The number of carboxylic acid groups (broad SMARTS) is 1. The van der Waals surface area contributed by atoms with E-state index < -0.39 is 18.2 Å². The van der Waals surface area contributed by atoms with E-state index in [1.807, 2.05) is 0 Å². The second kappa shape index (κ2) is 2.64. The highest BCUT2D eigenvalue weighted by molar-refractivity contribution is 5.72. The second-order valence-corrected chi connectivity index (χ2v) is 1.35. The largest absolute Gasteiger partial charge is 0.479 e. The van der Waals surface area contributed by atoms with E-state index in [0.29, 0.717) is 0 Å². The number of carbonyl (C=O) groups is 1. The third kappa shape index (κ3) is 1.90. The van der Waals surface area contributed by atoms with Crippen LogP contribution in [-0.4, -0.2) is 33.5 Å². The third-order valence-electron chi connectivity index (χ3n) is 0.617. The highest BCUT2D eigenvalue weighted by Crippen LogP contribution is 1.88. The number of hydrogen-bond acceptors (Lipinski definition) is 3. The molecule has 4 heteroatoms. The average molecular weight is 119 g/mol. The first-order valence-corrected chi connectivity index (χ1v) is 1.97. The standard InChI is InChI=1S/C4H7O4/c1-2(5)3(6)4(7)8/h2-3,5-6H,1H2,(H,7,8). The van der Waals surface area contributed by atoms with Gasteiger partial charge in [-0.15, -0.1) is 0 Å². The first-order chi connectivity index (χ1) is 3.55. The zero-order chi connectivity index (χ0) is 6.73. The molecule has 0 amide bonds. The first kappa shape index (κ1) is 7.39. The maximum atomic E-state index is 9.69. The Kier molecular flexibility index (Phi) is 2.44. The molecule has 0 aliphatic rings. The minimum Gasteiger partial charge on any atom is -0.479 e. The second-order valence-electron chi connectivity index (χ2n) is 1.35. The highest BCUT2D eigenvalue weighted by atomic mass is 16.4. The molecule has 0 aliphatic heterocycles. The quantitative estimate of drug-likeness (QED) is 0.419. The number of aliphatic hydroxyl groups is 2. The molecular weight excluding hydrogens is 112 g/mol. The van der Waals surface area contributed by atoms with Crippen LogP contribution in [0.2, 0.25) is 0 Å². The fourth-order valence-electron chi connectivity index (χ4n) is 0.165. The van der Waals surface area contributed by atoms with Crippen molar-refractivity contribution in [2.24, 2.45) is 0 Å². The van der Waals surface area contributed by atoms with Crippen LogP contribution in [0, 0.1) is 6.92 Å². The van der Waals surface area contributed by atoms with Gasteiger partial charge in [0, 0.05) is 0 Å². The van der Waals surface area contributed by atoms with Crippen molar-refractivity contribution in [1.82, 2.24) is 0 Å². The summed E-state index contributed by atoms with van der Waals surface area (Å²) >= 11 is 0. The van der Waals surface area contributed by atoms with Gasteiger partial charge in [-0.3, -0.25) is 0 Å². The predicted octanol–water partition coefficient (Wildman–Crippen LogP) is -1.37. The van der Waals surface area contributed by atoms with Crippen molar-refractivity contribution >= 4 is 5.97 Å². The lowest BCUT2D eigenvalue weighted by Gasteiger charge is -2.05. The molecule has 0 fully saturated rings. The van der Waals surface area contributed by atoms with Gasteiger partial charge in [-0.1, -0.05) is 0 Å². The summed E-state index contributed by atoms with van der Waals surface area (Å²) in [6.07, 6.45) is -3.22. The van der Waals surface area contributed by atoms with Crippen LogP contribution < -0.4 is 0 Å². The summed E-state index contributed by atoms with van der Waals surface area (Å²) in [5.41, 5.74) is 0. The molecule has 0 saturated heterocycles. The monoisotopic (exact) mass is 119 g/mol. The van der Waals surface area contributed by atoms with Crippen molar-refractivity contribution in [2.75, 3.05) is 0 Å². The molecule has 0 aliphatic carbocycles. The van der Waals surface area contributed by atoms with E-state index >= 15 is 0 Å². The molecule has 0 heterocycles. The number of rotatable bonds is 2. The molecule has 3 N–H and O–H groups in total. The van der Waals surface area contributed by atoms with Gasteiger partial charge in [0.2, 0.25) is 0 Å². The van der Waals surface area contributed by atoms with E-state index in [1.54, 1.807) is 0 Å². The number of hydrogen-bond donors (Lipinski definition) is 3. The van der Waals surface area contributed by atoms with Crippen LogP contribution >= 0.6 is 0 Å². The summed E-state index contributed by atoms with van der Waals surface area (Å²) in [4.78, 5) is 9.69. The van der Waals surface area contributed by atoms with E-state index in [4.69, 9.17) is 15.3 Å². The van der Waals surface area contributed by atoms with Crippen LogP contribution in [-0.2, 0) is 4.79 Å². The fourth-order valence-corrected chi connectivity index (χ4v) is 0.165. The summed E-state index contributed by atoms with van der Waals surface area (Å²) in [6.45, 7) is 2.88. The maximum absolute atomic E-state index is 9.69. The van der Waals surface area contributed by atoms with Crippen LogP contribution in [0.15, 0.2) is 0 Å². The van der Waals surface area contributed by atoms with Crippen LogP contribution in [0.3, 0.4) is 0 Å². The van der Waals surface area contributed by atoms with E-state index in [1.165, 1.54) is 0 Å². The molecule has 2 atom stereocenters. The van der Waals surface area contributed by atoms with Crippen molar-refractivity contribution < 1.29 is 20.1 Å². The van der Waals surface area contributed by atoms with Gasteiger partial charge in [-0.2, -0.15) is 0 Å². The van der Waals surface area contributed by atoms with Crippen LogP contribution in [0.1, 0.15) is 0 Å². The number of aliphatic carboxylic acids is 1. The molecule has 2 unspecified atom stereocenters. The van der Waals surface area contributed by atoms with Gasteiger partial charge < -0.3 is 15.3 Å². The average Bonchev–Trinajstić information content (AvgIpc) is 1.64. The number of aliphatic hydroxyl groups excluding tert-OH is 2. The molecule has 47 valence electrons. The Morgan fingerprint density at radius 1 is 1.50 bits per heavy atom. The topological polar surface area (TPSA) is 77.8 Å². The Bertz CT molecular complexity index is 88.0. The van der Waals surface area contributed by atoms with E-state index in [9.17, 15) is 4.79 Å². The molecule has 0 aromatic rings. The van der Waals surface area contributed by atoms with Gasteiger partial charge in [0.25, 0.3) is 0 Å². The molecule has 4 nitrogen and oxygen atoms in total. The molecule has 0 aromatic heterocycles. The lowest BCUT2D eigenvalue weighted by atomic mass is 10.2. The molecule has 0 spiro atoms. The molecule has 0 bridgehead atoms. The molecule has 8 heavy (non-hydrogen) atoms. The third-order valence-corrected chi connectivity index (χ3v) is 0.617. The predicted molar refractivity (Wildman–Crippen MR) is 25.0 cm³/mol. The molecular formula is C4H7O4. The van der Waals surface area contributed by atoms with Crippen LogP contribution in [0.5, 0.6) is 0 Å². The van der Waals surface area contributed by atoms with Crippen molar-refractivity contribution in [3.05, 3.63) is 6.92 Å². The van der Waals surface area contributed by atoms with Gasteiger partial charge >= 0.3 is 5.97 Å². The van der Waals surface area contributed by atoms with Gasteiger partial charge in [0.15, 0.2) is 6.10 Å². The molecule has 0 saturated carbocycles. The van der Waals surface area contributed by atoms with E-state index in [-0.39, 0.29) is 0 Å². The summed E-state index contributed by atoms with van der Waals surface area (Å²) in [6, 6.07) is 0. The lowest BCUT2D eigenvalue weighted by Crippen LogP contribution is -2.31. The summed E-state index contributed by atoms with van der Waals surface area (Å²) in [5, 5.41) is 24.4. The normalized spacial score (nSPS) is 17.4. The van der Waals surface area contributed by atoms with Crippen molar-refractivity contribution in [2.45, 2.75) is 12.2 Å². The lowest BCUT2D eigenvalue weighted by molar-refractivity contribution is -0.151. The zero-order valence-corrected chi connectivity index (χ0v) is 4.11. The van der Waals surface area contributed by atoms with Gasteiger partial charge in [0.1, 0.15) is 0 Å². The Morgan fingerprint density at radius 2 is 1.88 bits per heavy atom. The van der Waals surface area contributed by atoms with Crippen LogP contribution in [0.25, 0.3) is 0 Å². The smallest absolute Gasteiger partial charge is 0.335 e. The number of carboxylic acids is 1. The maximum Gasteiger partial charge on any atom is 0.335 e. The zero-order valence-electron chi connectivity index (χ0n) is 4.11.